The largest absolute Gasteiger partial charge is 0.459 e. The number of rotatable bonds is 8. The molecule has 1 saturated carbocycles. The molecule has 7 atom stereocenters. The van der Waals surface area contributed by atoms with Crippen LogP contribution in [0, 0.1) is 0 Å². The Balaban J connectivity index is 1.21. The average Bonchev–Trinajstić information content (AvgIpc) is 3.73. The molecule has 3 aliphatic heterocycles. The third-order valence-electron chi connectivity index (χ3n) is 7.40. The van der Waals surface area contributed by atoms with Crippen LogP contribution in [0.4, 0.5) is 0 Å². The number of epoxide rings is 1. The van der Waals surface area contributed by atoms with Gasteiger partial charge in [-0.1, -0.05) is 23.8 Å². The van der Waals surface area contributed by atoms with Crippen LogP contribution < -0.4 is 5.32 Å². The first kappa shape index (κ1) is 26.1. The van der Waals surface area contributed by atoms with Crippen LogP contribution in [-0.4, -0.2) is 71.4 Å². The molecule has 2 N–H and O–H groups in total. The van der Waals surface area contributed by atoms with Crippen LogP contribution in [0.25, 0.3) is 0 Å². The normalized spacial score (nSPS) is 37.1. The van der Waals surface area contributed by atoms with Gasteiger partial charge in [0.2, 0.25) is 5.91 Å². The van der Waals surface area contributed by atoms with Crippen LogP contribution in [0.1, 0.15) is 66.2 Å². The van der Waals surface area contributed by atoms with Gasteiger partial charge in [0.05, 0.1) is 30.5 Å². The predicted molar refractivity (Wildman–Crippen MR) is 130 cm³/mol. The highest BCUT2D eigenvalue weighted by Gasteiger charge is 2.65. The Morgan fingerprint density at radius 3 is 2.60 bits per heavy atom. The maximum atomic E-state index is 12.2. The zero-order valence-corrected chi connectivity index (χ0v) is 21.2. The summed E-state index contributed by atoms with van der Waals surface area (Å²) in [7, 11) is 0. The van der Waals surface area contributed by atoms with E-state index in [9.17, 15) is 14.7 Å². The minimum Gasteiger partial charge on any atom is -0.459 e. The lowest BCUT2D eigenvalue weighted by Crippen LogP contribution is -2.50. The van der Waals surface area contributed by atoms with Gasteiger partial charge in [0.25, 0.3) is 0 Å². The first-order valence-corrected chi connectivity index (χ1v) is 12.8. The van der Waals surface area contributed by atoms with E-state index in [1.165, 1.54) is 13.0 Å². The van der Waals surface area contributed by atoms with Crippen molar-refractivity contribution in [3.05, 3.63) is 36.0 Å². The van der Waals surface area contributed by atoms with Crippen LogP contribution in [-0.2, 0) is 28.5 Å². The van der Waals surface area contributed by atoms with E-state index in [1.54, 1.807) is 13.0 Å². The van der Waals surface area contributed by atoms with Crippen molar-refractivity contribution in [2.24, 2.45) is 0 Å². The van der Waals surface area contributed by atoms with Gasteiger partial charge in [-0.05, 0) is 59.0 Å². The van der Waals surface area contributed by atoms with Crippen molar-refractivity contribution >= 4 is 11.9 Å². The molecule has 3 heterocycles. The number of carbonyl (C=O) groups is 2. The first-order valence-electron chi connectivity index (χ1n) is 12.8. The van der Waals surface area contributed by atoms with Crippen molar-refractivity contribution in [2.75, 3.05) is 6.61 Å². The fourth-order valence-electron chi connectivity index (χ4n) is 5.10. The number of carbonyl (C=O) groups excluding carboxylic acids is 2. The summed E-state index contributed by atoms with van der Waals surface area (Å²) in [6, 6.07) is -0.0611. The molecule has 0 aromatic rings. The van der Waals surface area contributed by atoms with E-state index < -0.39 is 17.8 Å². The van der Waals surface area contributed by atoms with Crippen LogP contribution in [0.3, 0.4) is 0 Å². The maximum absolute atomic E-state index is 12.2. The number of ether oxygens (including phenoxy) is 4. The fraction of sp³-hybridized carbons (Fsp3) is 0.704. The van der Waals surface area contributed by atoms with E-state index in [0.717, 1.165) is 44.1 Å². The van der Waals surface area contributed by atoms with Gasteiger partial charge in [-0.15, -0.1) is 0 Å². The van der Waals surface area contributed by atoms with E-state index in [4.69, 9.17) is 18.9 Å². The number of amides is 1. The molecule has 2 spiro atoms. The van der Waals surface area contributed by atoms with Crippen LogP contribution in [0.15, 0.2) is 36.0 Å². The molecule has 1 unspecified atom stereocenters. The average molecular weight is 490 g/mol. The fourth-order valence-corrected chi connectivity index (χ4v) is 5.10. The van der Waals surface area contributed by atoms with E-state index in [-0.39, 0.29) is 41.8 Å². The number of allylic oxidation sites excluding steroid dienone is 2. The molecule has 0 aromatic carbocycles. The minimum atomic E-state index is -0.618. The summed E-state index contributed by atoms with van der Waals surface area (Å²) in [6.07, 6.45) is 13.1. The third kappa shape index (κ3) is 6.82. The molecule has 4 fully saturated rings. The maximum Gasteiger partial charge on any atom is 0.303 e. The van der Waals surface area contributed by atoms with Crippen molar-refractivity contribution in [2.45, 2.75) is 114 Å². The van der Waals surface area contributed by atoms with Crippen molar-refractivity contribution in [3.8, 4) is 0 Å². The number of hydrogen-bond acceptors (Lipinski definition) is 7. The summed E-state index contributed by atoms with van der Waals surface area (Å²) in [5.74, 6) is -0.599. The predicted octanol–water partition coefficient (Wildman–Crippen LogP) is 2.89. The second-order valence-corrected chi connectivity index (χ2v) is 10.6. The molecule has 0 aromatic heterocycles. The highest BCUT2D eigenvalue weighted by Crippen LogP contribution is 2.56. The lowest BCUT2D eigenvalue weighted by molar-refractivity contribution is -0.145. The molecular weight excluding hydrogens is 450 g/mol. The Hall–Kier alpha value is -2.00. The third-order valence-corrected chi connectivity index (χ3v) is 7.40. The molecule has 3 saturated heterocycles. The van der Waals surface area contributed by atoms with Gasteiger partial charge in [0.1, 0.15) is 23.9 Å². The monoisotopic (exact) mass is 489 g/mol. The molecule has 4 rings (SSSR count). The standard InChI is InChI=1S/C27H39NO7/c1-17(6-11-23-25(31)27(16-32-27)15-26(35-23)13-14-26)5-8-21-9-10-22(19(3)34-21)28-24(30)12-7-18(2)33-20(4)29/h5-7,11-12,18-19,21-23,25,31H,8-10,13-16H2,1-4H3,(H,28,30)/b11-6+,12-7-,17-5+/t18-,19+,21-,22+,23?,25+,27+/m0/s1. The Bertz CT molecular complexity index is 886. The summed E-state index contributed by atoms with van der Waals surface area (Å²) >= 11 is 0. The number of nitrogens with one attached hydrogen (secondary N) is 1. The molecule has 1 aliphatic carbocycles. The molecule has 1 amide bonds. The van der Waals surface area contributed by atoms with Crippen molar-refractivity contribution in [1.29, 1.82) is 0 Å². The van der Waals surface area contributed by atoms with Crippen molar-refractivity contribution < 1.29 is 33.6 Å². The van der Waals surface area contributed by atoms with Gasteiger partial charge < -0.3 is 29.4 Å². The topological polar surface area (TPSA) is 107 Å². The van der Waals surface area contributed by atoms with Crippen molar-refractivity contribution in [3.63, 3.8) is 0 Å². The Kier molecular flexibility index (Phi) is 7.86. The molecule has 0 bridgehead atoms. The van der Waals surface area contributed by atoms with Gasteiger partial charge in [0, 0.05) is 19.4 Å². The first-order chi connectivity index (χ1) is 16.6. The van der Waals surface area contributed by atoms with Gasteiger partial charge in [-0.25, -0.2) is 0 Å². The summed E-state index contributed by atoms with van der Waals surface area (Å²) < 4.78 is 23.0. The molecule has 35 heavy (non-hydrogen) atoms. The van der Waals surface area contributed by atoms with Gasteiger partial charge in [-0.2, -0.15) is 0 Å². The summed E-state index contributed by atoms with van der Waals surface area (Å²) in [6.45, 7) is 7.69. The lowest BCUT2D eigenvalue weighted by atomic mass is 9.87. The van der Waals surface area contributed by atoms with Crippen molar-refractivity contribution in [1.82, 2.24) is 5.32 Å². The molecule has 194 valence electrons. The summed E-state index contributed by atoms with van der Waals surface area (Å²) in [4.78, 5) is 23.2. The second kappa shape index (κ2) is 10.5. The lowest BCUT2D eigenvalue weighted by Gasteiger charge is -2.37. The molecule has 8 nitrogen and oxygen atoms in total. The van der Waals surface area contributed by atoms with E-state index in [0.29, 0.717) is 6.61 Å². The van der Waals surface area contributed by atoms with Crippen LogP contribution >= 0.6 is 0 Å². The zero-order valence-electron chi connectivity index (χ0n) is 21.2. The number of hydrogen-bond donors (Lipinski definition) is 2. The summed E-state index contributed by atoms with van der Waals surface area (Å²) in [5, 5.41) is 13.7. The van der Waals surface area contributed by atoms with Gasteiger partial charge in [0.15, 0.2) is 0 Å². The molecular formula is C27H39NO7. The van der Waals surface area contributed by atoms with E-state index >= 15 is 0 Å². The van der Waals surface area contributed by atoms with E-state index in [1.807, 2.05) is 26.0 Å². The van der Waals surface area contributed by atoms with E-state index in [2.05, 4.69) is 11.4 Å². The molecule has 0 radical (unpaired) electrons. The van der Waals surface area contributed by atoms with Crippen LogP contribution in [0.5, 0.6) is 0 Å². The second-order valence-electron chi connectivity index (χ2n) is 10.6. The highest BCUT2D eigenvalue weighted by molar-refractivity contribution is 5.87. The summed E-state index contributed by atoms with van der Waals surface area (Å²) in [5.41, 5.74) is 0.618. The molecule has 8 heteroatoms. The Morgan fingerprint density at radius 2 is 1.97 bits per heavy atom. The SMILES string of the molecule is CC(=O)O[C@@H](C)/C=C\C(=O)N[C@@H]1CC[C@H](C/C=C(C)/C=C/C2OC3(CC3)C[C@@]3(CO3)[C@@H]2O)O[C@@H]1C. The zero-order chi connectivity index (χ0) is 25.2. The Labute approximate surface area is 207 Å². The van der Waals surface area contributed by atoms with Crippen LogP contribution in [0.2, 0.25) is 0 Å². The number of aliphatic hydroxyl groups excluding tert-OH is 1. The van der Waals surface area contributed by atoms with Gasteiger partial charge >= 0.3 is 5.97 Å². The molecule has 4 aliphatic rings. The minimum absolute atomic E-state index is 0.0611. The number of esters is 1. The quantitative estimate of drug-likeness (QED) is 0.234. The number of aliphatic hydroxyl groups is 1. The van der Waals surface area contributed by atoms with Gasteiger partial charge in [-0.3, -0.25) is 9.59 Å². The Morgan fingerprint density at radius 1 is 1.23 bits per heavy atom. The highest BCUT2D eigenvalue weighted by atomic mass is 16.6. The smallest absolute Gasteiger partial charge is 0.303 e.